The van der Waals surface area contributed by atoms with Crippen LogP contribution in [0.4, 0.5) is 0 Å². The number of nitrogens with two attached hydrogens (primary N) is 1. The zero-order valence-corrected chi connectivity index (χ0v) is 12.9. The number of carbonyl (C=O) groups is 2. The van der Waals surface area contributed by atoms with Crippen molar-refractivity contribution in [2.45, 2.75) is 50.6 Å². The molecule has 1 aromatic rings. The summed E-state index contributed by atoms with van der Waals surface area (Å²) < 4.78 is 0. The minimum atomic E-state index is -0.0531. The van der Waals surface area contributed by atoms with E-state index in [9.17, 15) is 9.59 Å². The number of amides is 2. The third-order valence-corrected chi connectivity index (χ3v) is 4.02. The normalized spacial score (nSPS) is 21.1. The predicted molar refractivity (Wildman–Crippen MR) is 86.1 cm³/mol. The Labute approximate surface area is 131 Å². The molecule has 0 aromatic heterocycles. The van der Waals surface area contributed by atoms with Crippen LogP contribution >= 0.6 is 0 Å². The van der Waals surface area contributed by atoms with Gasteiger partial charge in [-0.25, -0.2) is 0 Å². The van der Waals surface area contributed by atoms with Crippen LogP contribution in [0, 0.1) is 0 Å². The van der Waals surface area contributed by atoms with Gasteiger partial charge in [0.2, 0.25) is 11.8 Å². The second kappa shape index (κ2) is 8.54. The number of hydrogen-bond acceptors (Lipinski definition) is 3. The minimum Gasteiger partial charge on any atom is -0.355 e. The Bertz CT molecular complexity index is 482. The maximum atomic E-state index is 11.8. The molecule has 1 saturated carbocycles. The van der Waals surface area contributed by atoms with Gasteiger partial charge in [-0.1, -0.05) is 30.3 Å². The van der Waals surface area contributed by atoms with Crippen molar-refractivity contribution in [3.63, 3.8) is 0 Å². The van der Waals surface area contributed by atoms with Crippen LogP contribution in [0.3, 0.4) is 0 Å². The summed E-state index contributed by atoms with van der Waals surface area (Å²) in [5, 5.41) is 5.80. The first-order valence-corrected chi connectivity index (χ1v) is 7.99. The molecule has 22 heavy (non-hydrogen) atoms. The summed E-state index contributed by atoms with van der Waals surface area (Å²) in [4.78, 5) is 23.6. The molecule has 0 atom stereocenters. The van der Waals surface area contributed by atoms with Crippen molar-refractivity contribution >= 4 is 11.8 Å². The molecular weight excluding hydrogens is 278 g/mol. The van der Waals surface area contributed by atoms with Crippen molar-refractivity contribution in [2.75, 3.05) is 6.54 Å². The molecule has 2 amide bonds. The maximum absolute atomic E-state index is 11.8. The van der Waals surface area contributed by atoms with E-state index in [-0.39, 0.29) is 23.9 Å². The lowest BCUT2D eigenvalue weighted by Gasteiger charge is -2.26. The fourth-order valence-corrected chi connectivity index (χ4v) is 2.72. The van der Waals surface area contributed by atoms with E-state index < -0.39 is 0 Å². The van der Waals surface area contributed by atoms with Crippen LogP contribution in [0.5, 0.6) is 0 Å². The van der Waals surface area contributed by atoms with E-state index in [0.717, 1.165) is 31.2 Å². The van der Waals surface area contributed by atoms with Crippen LogP contribution in [0.2, 0.25) is 0 Å². The molecule has 0 saturated heterocycles. The summed E-state index contributed by atoms with van der Waals surface area (Å²) in [7, 11) is 0. The highest BCUT2D eigenvalue weighted by atomic mass is 16.2. The lowest BCUT2D eigenvalue weighted by Crippen LogP contribution is -2.41. The van der Waals surface area contributed by atoms with Crippen molar-refractivity contribution in [1.82, 2.24) is 10.6 Å². The fourth-order valence-electron chi connectivity index (χ4n) is 2.72. The molecule has 2 rings (SSSR count). The van der Waals surface area contributed by atoms with Gasteiger partial charge in [0.15, 0.2) is 0 Å². The highest BCUT2D eigenvalue weighted by Crippen LogP contribution is 2.16. The van der Waals surface area contributed by atoms with E-state index in [1.165, 1.54) is 0 Å². The van der Waals surface area contributed by atoms with E-state index in [1.807, 2.05) is 30.3 Å². The number of carbonyl (C=O) groups excluding carboxylic acids is 2. The summed E-state index contributed by atoms with van der Waals surface area (Å²) in [5.74, 6) is -0.0527. The highest BCUT2D eigenvalue weighted by Gasteiger charge is 2.19. The van der Waals surface area contributed by atoms with Crippen LogP contribution in [0.25, 0.3) is 0 Å². The van der Waals surface area contributed by atoms with Gasteiger partial charge in [0.25, 0.3) is 0 Å². The Morgan fingerprint density at radius 1 is 1.05 bits per heavy atom. The summed E-state index contributed by atoms with van der Waals surface area (Å²) in [5.41, 5.74) is 6.82. The molecule has 1 aliphatic carbocycles. The second-order valence-electron chi connectivity index (χ2n) is 5.94. The van der Waals surface area contributed by atoms with Gasteiger partial charge in [0.1, 0.15) is 0 Å². The zero-order valence-electron chi connectivity index (χ0n) is 12.9. The molecule has 4 N–H and O–H groups in total. The standard InChI is InChI=1S/C17H25N3O2/c18-14-6-8-15(9-7-14)20-16(21)10-11-19-17(22)12-13-4-2-1-3-5-13/h1-5,14-15H,6-12,18H2,(H,19,22)(H,20,21). The van der Waals surface area contributed by atoms with Crippen LogP contribution in [-0.4, -0.2) is 30.4 Å². The summed E-state index contributed by atoms with van der Waals surface area (Å²) in [6, 6.07) is 10.1. The number of rotatable bonds is 6. The first-order valence-electron chi connectivity index (χ1n) is 7.99. The molecule has 120 valence electrons. The van der Waals surface area contributed by atoms with Crippen molar-refractivity contribution < 1.29 is 9.59 Å². The van der Waals surface area contributed by atoms with Gasteiger partial charge in [0.05, 0.1) is 6.42 Å². The van der Waals surface area contributed by atoms with Crippen LogP contribution in [-0.2, 0) is 16.0 Å². The first kappa shape index (κ1) is 16.5. The molecule has 5 heteroatoms. The smallest absolute Gasteiger partial charge is 0.224 e. The quantitative estimate of drug-likeness (QED) is 0.736. The Morgan fingerprint density at radius 2 is 1.73 bits per heavy atom. The van der Waals surface area contributed by atoms with Gasteiger partial charge in [-0.2, -0.15) is 0 Å². The molecule has 1 aromatic carbocycles. The summed E-state index contributed by atoms with van der Waals surface area (Å²) in [6.07, 6.45) is 4.52. The van der Waals surface area contributed by atoms with Crippen molar-refractivity contribution in [3.8, 4) is 0 Å². The first-order chi connectivity index (χ1) is 10.6. The Kier molecular flexibility index (Phi) is 6.40. The predicted octanol–water partition coefficient (Wildman–Crippen LogP) is 1.12. The van der Waals surface area contributed by atoms with Gasteiger partial charge in [-0.3, -0.25) is 9.59 Å². The summed E-state index contributed by atoms with van der Waals surface area (Å²) >= 11 is 0. The van der Waals surface area contributed by atoms with Gasteiger partial charge < -0.3 is 16.4 Å². The Hall–Kier alpha value is -1.88. The number of benzene rings is 1. The zero-order chi connectivity index (χ0) is 15.8. The van der Waals surface area contributed by atoms with E-state index >= 15 is 0 Å². The molecule has 0 bridgehead atoms. The van der Waals surface area contributed by atoms with E-state index in [2.05, 4.69) is 10.6 Å². The van der Waals surface area contributed by atoms with Crippen molar-refractivity contribution in [2.24, 2.45) is 5.73 Å². The third-order valence-electron chi connectivity index (χ3n) is 4.02. The molecule has 5 nitrogen and oxygen atoms in total. The van der Waals surface area contributed by atoms with Gasteiger partial charge in [-0.05, 0) is 31.2 Å². The largest absolute Gasteiger partial charge is 0.355 e. The fraction of sp³-hybridized carbons (Fsp3) is 0.529. The van der Waals surface area contributed by atoms with Crippen LogP contribution < -0.4 is 16.4 Å². The molecule has 0 radical (unpaired) electrons. The molecule has 0 unspecified atom stereocenters. The average Bonchev–Trinajstić information content (AvgIpc) is 2.50. The van der Waals surface area contributed by atoms with Gasteiger partial charge in [-0.15, -0.1) is 0 Å². The van der Waals surface area contributed by atoms with Crippen molar-refractivity contribution in [1.29, 1.82) is 0 Å². The van der Waals surface area contributed by atoms with Crippen molar-refractivity contribution in [3.05, 3.63) is 35.9 Å². The van der Waals surface area contributed by atoms with E-state index in [4.69, 9.17) is 5.73 Å². The highest BCUT2D eigenvalue weighted by molar-refractivity contribution is 5.80. The minimum absolute atomic E-state index is 0.000447. The van der Waals surface area contributed by atoms with Gasteiger partial charge in [0, 0.05) is 25.0 Å². The molecule has 0 spiro atoms. The number of hydrogen-bond donors (Lipinski definition) is 3. The molecule has 1 fully saturated rings. The summed E-state index contributed by atoms with van der Waals surface area (Å²) in [6.45, 7) is 0.379. The van der Waals surface area contributed by atoms with Crippen LogP contribution in [0.1, 0.15) is 37.7 Å². The Balaban J connectivity index is 1.59. The van der Waals surface area contributed by atoms with Gasteiger partial charge >= 0.3 is 0 Å². The Morgan fingerprint density at radius 3 is 2.41 bits per heavy atom. The molecule has 0 aliphatic heterocycles. The van der Waals surface area contributed by atoms with E-state index in [0.29, 0.717) is 19.4 Å². The molecule has 0 heterocycles. The topological polar surface area (TPSA) is 84.2 Å². The third kappa shape index (κ3) is 5.85. The lowest BCUT2D eigenvalue weighted by atomic mass is 9.92. The average molecular weight is 303 g/mol. The second-order valence-corrected chi connectivity index (χ2v) is 5.94. The SMILES string of the molecule is NC1CCC(NC(=O)CCNC(=O)Cc2ccccc2)CC1. The maximum Gasteiger partial charge on any atom is 0.224 e. The lowest BCUT2D eigenvalue weighted by molar-refractivity contribution is -0.122. The molecular formula is C17H25N3O2. The molecule has 1 aliphatic rings. The number of nitrogens with one attached hydrogen (secondary N) is 2. The monoisotopic (exact) mass is 303 g/mol. The van der Waals surface area contributed by atoms with Crippen LogP contribution in [0.15, 0.2) is 30.3 Å². The van der Waals surface area contributed by atoms with E-state index in [1.54, 1.807) is 0 Å².